The number of nitrogens with zero attached hydrogens (tertiary/aromatic N) is 3. The van der Waals surface area contributed by atoms with E-state index in [1.54, 1.807) is 4.68 Å². The van der Waals surface area contributed by atoms with Crippen LogP contribution < -0.4 is 10.1 Å². The van der Waals surface area contributed by atoms with Gasteiger partial charge in [-0.2, -0.15) is 5.10 Å². The number of hydrogen-bond donors (Lipinski definition) is 1. The Morgan fingerprint density at radius 3 is 2.33 bits per heavy atom. The first-order valence-electron chi connectivity index (χ1n) is 10.5. The van der Waals surface area contributed by atoms with Crippen molar-refractivity contribution in [3.63, 3.8) is 0 Å². The van der Waals surface area contributed by atoms with Crippen LogP contribution in [-0.2, 0) is 13.6 Å². The van der Waals surface area contributed by atoms with Gasteiger partial charge in [0.05, 0.1) is 12.1 Å². The van der Waals surface area contributed by atoms with Crippen LogP contribution >= 0.6 is 0 Å². The molecule has 0 unspecified atom stereocenters. The first-order chi connectivity index (χ1) is 14.6. The quantitative estimate of drug-likeness (QED) is 0.531. The van der Waals surface area contributed by atoms with Crippen LogP contribution in [0.3, 0.4) is 0 Å². The van der Waals surface area contributed by atoms with Gasteiger partial charge in [0.25, 0.3) is 0 Å². The molecule has 0 atom stereocenters. The van der Waals surface area contributed by atoms with Gasteiger partial charge in [0.15, 0.2) is 0 Å². The van der Waals surface area contributed by atoms with Gasteiger partial charge < -0.3 is 15.0 Å². The van der Waals surface area contributed by atoms with Crippen LogP contribution in [0.2, 0.25) is 0 Å². The van der Waals surface area contributed by atoms with Gasteiger partial charge in [-0.3, -0.25) is 0 Å². The number of aromatic nitrogens is 2. The number of hydrogen-bond acceptors (Lipinski definition) is 3. The normalized spacial score (nSPS) is 10.6. The van der Waals surface area contributed by atoms with Gasteiger partial charge in [-0.05, 0) is 25.0 Å². The molecule has 0 aliphatic rings. The molecule has 0 fully saturated rings. The van der Waals surface area contributed by atoms with Crippen LogP contribution in [0.5, 0.6) is 11.6 Å². The van der Waals surface area contributed by atoms with Crippen LogP contribution in [-0.4, -0.2) is 33.8 Å². The van der Waals surface area contributed by atoms with E-state index in [0.717, 1.165) is 35.4 Å². The van der Waals surface area contributed by atoms with Crippen molar-refractivity contribution in [1.29, 1.82) is 0 Å². The van der Waals surface area contributed by atoms with Crippen molar-refractivity contribution in [3.05, 3.63) is 66.2 Å². The minimum Gasteiger partial charge on any atom is -0.439 e. The molecule has 6 heteroatoms. The number of benzene rings is 2. The molecule has 158 valence electrons. The minimum atomic E-state index is -0.0628. The zero-order valence-electron chi connectivity index (χ0n) is 18.0. The number of ether oxygens (including phenoxy) is 1. The van der Waals surface area contributed by atoms with Crippen molar-refractivity contribution in [3.8, 4) is 22.9 Å². The summed E-state index contributed by atoms with van der Waals surface area (Å²) < 4.78 is 7.97. The Labute approximate surface area is 178 Å². The molecule has 0 aliphatic carbocycles. The fourth-order valence-electron chi connectivity index (χ4n) is 3.31. The molecule has 30 heavy (non-hydrogen) atoms. The summed E-state index contributed by atoms with van der Waals surface area (Å²) in [7, 11) is 1.87. The van der Waals surface area contributed by atoms with Gasteiger partial charge in [-0.15, -0.1) is 0 Å². The van der Waals surface area contributed by atoms with Gasteiger partial charge >= 0.3 is 6.03 Å². The predicted octanol–water partition coefficient (Wildman–Crippen LogP) is 5.21. The average molecular weight is 407 g/mol. The second kappa shape index (κ2) is 10.5. The fourth-order valence-corrected chi connectivity index (χ4v) is 3.31. The average Bonchev–Trinajstić information content (AvgIpc) is 3.08. The predicted molar refractivity (Wildman–Crippen MR) is 120 cm³/mol. The lowest BCUT2D eigenvalue weighted by Crippen LogP contribution is -2.40. The van der Waals surface area contributed by atoms with Crippen LogP contribution in [0.15, 0.2) is 60.7 Å². The Balaban J connectivity index is 2.01. The van der Waals surface area contributed by atoms with Gasteiger partial charge in [-0.1, -0.05) is 62.4 Å². The molecule has 2 aromatic carbocycles. The van der Waals surface area contributed by atoms with E-state index < -0.39 is 0 Å². The number of aryl methyl sites for hydroxylation is 1. The highest BCUT2D eigenvalue weighted by molar-refractivity contribution is 5.75. The van der Waals surface area contributed by atoms with Crippen molar-refractivity contribution in [2.24, 2.45) is 7.05 Å². The molecule has 0 saturated carbocycles. The number of urea groups is 1. The first-order valence-corrected chi connectivity index (χ1v) is 10.5. The molecule has 3 rings (SSSR count). The third kappa shape index (κ3) is 5.20. The van der Waals surface area contributed by atoms with E-state index in [2.05, 4.69) is 12.2 Å². The molecule has 1 heterocycles. The maximum Gasteiger partial charge on any atom is 0.317 e. The van der Waals surface area contributed by atoms with Gasteiger partial charge in [0.1, 0.15) is 11.4 Å². The molecular formula is C24H30N4O2. The smallest absolute Gasteiger partial charge is 0.317 e. The topological polar surface area (TPSA) is 59.4 Å². The van der Waals surface area contributed by atoms with Crippen molar-refractivity contribution < 1.29 is 9.53 Å². The SMILES string of the molecule is CCCNC(=O)N(CCC)Cc1c(-c2ccccc2)nn(C)c1Oc1ccccc1. The molecule has 3 aromatic rings. The van der Waals surface area contributed by atoms with E-state index in [1.165, 1.54) is 0 Å². The van der Waals surface area contributed by atoms with Crippen molar-refractivity contribution in [1.82, 2.24) is 20.0 Å². The maximum absolute atomic E-state index is 12.8. The van der Waals surface area contributed by atoms with Gasteiger partial charge in [-0.25, -0.2) is 9.48 Å². The molecule has 1 N–H and O–H groups in total. The third-order valence-corrected chi connectivity index (χ3v) is 4.75. The van der Waals surface area contributed by atoms with Crippen LogP contribution in [0.4, 0.5) is 4.79 Å². The third-order valence-electron chi connectivity index (χ3n) is 4.75. The zero-order valence-corrected chi connectivity index (χ0v) is 18.0. The second-order valence-corrected chi connectivity index (χ2v) is 7.19. The summed E-state index contributed by atoms with van der Waals surface area (Å²) in [5.74, 6) is 1.38. The van der Waals surface area contributed by atoms with Crippen molar-refractivity contribution in [2.45, 2.75) is 33.2 Å². The first kappa shape index (κ1) is 21.4. The van der Waals surface area contributed by atoms with Crippen LogP contribution in [0, 0.1) is 0 Å². The molecule has 0 aliphatic heterocycles. The van der Waals surface area contributed by atoms with Crippen molar-refractivity contribution in [2.75, 3.05) is 13.1 Å². The Morgan fingerprint density at radius 2 is 1.70 bits per heavy atom. The highest BCUT2D eigenvalue weighted by Crippen LogP contribution is 2.34. The molecule has 0 saturated heterocycles. The standard InChI is InChI=1S/C24H30N4O2/c1-4-16-25-24(29)28(17-5-2)18-21-22(19-12-8-6-9-13-19)26-27(3)23(21)30-20-14-10-7-11-15-20/h6-15H,4-5,16-18H2,1-3H3,(H,25,29). The summed E-state index contributed by atoms with van der Waals surface area (Å²) >= 11 is 0. The van der Waals surface area contributed by atoms with Gasteiger partial charge in [0, 0.05) is 25.7 Å². The Kier molecular flexibility index (Phi) is 7.49. The largest absolute Gasteiger partial charge is 0.439 e. The van der Waals surface area contributed by atoms with E-state index in [4.69, 9.17) is 9.84 Å². The number of rotatable bonds is 9. The van der Waals surface area contributed by atoms with Gasteiger partial charge in [0.2, 0.25) is 5.88 Å². The molecule has 0 spiro atoms. The summed E-state index contributed by atoms with van der Waals surface area (Å²) in [5.41, 5.74) is 2.72. The number of amides is 2. The Hall–Kier alpha value is -3.28. The monoisotopic (exact) mass is 406 g/mol. The Bertz CT molecular complexity index is 939. The fraction of sp³-hybridized carbons (Fsp3) is 0.333. The number of carbonyl (C=O) groups excluding carboxylic acids is 1. The van der Waals surface area contributed by atoms with E-state index in [1.807, 2.05) is 79.5 Å². The molecular weight excluding hydrogens is 376 g/mol. The molecule has 0 bridgehead atoms. The number of carbonyl (C=O) groups is 1. The zero-order chi connectivity index (χ0) is 21.3. The van der Waals surface area contributed by atoms with E-state index in [0.29, 0.717) is 25.5 Å². The molecule has 0 radical (unpaired) electrons. The lowest BCUT2D eigenvalue weighted by molar-refractivity contribution is 0.194. The molecule has 2 amide bonds. The lowest BCUT2D eigenvalue weighted by atomic mass is 10.1. The summed E-state index contributed by atoms with van der Waals surface area (Å²) in [4.78, 5) is 14.6. The minimum absolute atomic E-state index is 0.0628. The number of para-hydroxylation sites is 1. The van der Waals surface area contributed by atoms with Crippen LogP contribution in [0.1, 0.15) is 32.3 Å². The van der Waals surface area contributed by atoms with E-state index in [9.17, 15) is 4.79 Å². The Morgan fingerprint density at radius 1 is 1.03 bits per heavy atom. The molecule has 1 aromatic heterocycles. The lowest BCUT2D eigenvalue weighted by Gasteiger charge is -2.23. The van der Waals surface area contributed by atoms with Crippen molar-refractivity contribution >= 4 is 6.03 Å². The second-order valence-electron chi connectivity index (χ2n) is 7.19. The van der Waals surface area contributed by atoms with Crippen LogP contribution in [0.25, 0.3) is 11.3 Å². The highest BCUT2D eigenvalue weighted by Gasteiger charge is 2.24. The van der Waals surface area contributed by atoms with E-state index >= 15 is 0 Å². The highest BCUT2D eigenvalue weighted by atomic mass is 16.5. The molecule has 6 nitrogen and oxygen atoms in total. The summed E-state index contributed by atoms with van der Waals surface area (Å²) in [6.45, 7) is 5.85. The number of nitrogens with one attached hydrogen (secondary N) is 1. The summed E-state index contributed by atoms with van der Waals surface area (Å²) in [6, 6.07) is 19.6. The summed E-state index contributed by atoms with van der Waals surface area (Å²) in [6.07, 6.45) is 1.77. The maximum atomic E-state index is 12.8. The van der Waals surface area contributed by atoms with E-state index in [-0.39, 0.29) is 6.03 Å². The summed E-state index contributed by atoms with van der Waals surface area (Å²) in [5, 5.41) is 7.74.